The molecule has 5 nitrogen and oxygen atoms in total. The first-order valence-corrected chi connectivity index (χ1v) is 6.00. The van der Waals surface area contributed by atoms with Crippen LogP contribution in [0.15, 0.2) is 29.1 Å². The van der Waals surface area contributed by atoms with Gasteiger partial charge in [-0.15, -0.1) is 0 Å². The van der Waals surface area contributed by atoms with Crippen molar-refractivity contribution in [1.82, 2.24) is 9.97 Å². The lowest BCUT2D eigenvalue weighted by Gasteiger charge is -2.10. The average Bonchev–Trinajstić information content (AvgIpc) is 2.45. The summed E-state index contributed by atoms with van der Waals surface area (Å²) in [7, 11) is 3.17. The van der Waals surface area contributed by atoms with Gasteiger partial charge in [0.2, 0.25) is 0 Å². The number of hydrogen-bond donors (Lipinski definition) is 1. The highest BCUT2D eigenvalue weighted by atomic mass is 16.5. The number of hydrogen-bond acceptors (Lipinski definition) is 4. The van der Waals surface area contributed by atoms with Crippen molar-refractivity contribution < 1.29 is 9.47 Å². The SMILES string of the molecule is CCc1nc(-c2ccc(OC)cc2OC)cc(=O)[nH]1. The lowest BCUT2D eigenvalue weighted by molar-refractivity contribution is 0.395. The number of methoxy groups -OCH3 is 2. The molecule has 1 aromatic carbocycles. The first kappa shape index (κ1) is 13.1. The second-order valence-corrected chi connectivity index (χ2v) is 4.00. The van der Waals surface area contributed by atoms with E-state index in [0.717, 1.165) is 5.56 Å². The molecular weight excluding hydrogens is 244 g/mol. The lowest BCUT2D eigenvalue weighted by Crippen LogP contribution is -2.10. The number of rotatable bonds is 4. The Bertz CT molecular complexity index is 635. The van der Waals surface area contributed by atoms with E-state index in [1.54, 1.807) is 20.3 Å². The van der Waals surface area contributed by atoms with Gasteiger partial charge in [-0.25, -0.2) is 4.98 Å². The van der Waals surface area contributed by atoms with E-state index in [9.17, 15) is 4.79 Å². The summed E-state index contributed by atoms with van der Waals surface area (Å²) < 4.78 is 10.5. The molecule has 0 atom stereocenters. The molecule has 0 spiro atoms. The quantitative estimate of drug-likeness (QED) is 0.913. The highest BCUT2D eigenvalue weighted by Crippen LogP contribution is 2.31. The summed E-state index contributed by atoms with van der Waals surface area (Å²) in [5.41, 5.74) is 1.20. The van der Waals surface area contributed by atoms with Crippen molar-refractivity contribution in [2.24, 2.45) is 0 Å². The van der Waals surface area contributed by atoms with E-state index in [1.165, 1.54) is 6.07 Å². The smallest absolute Gasteiger partial charge is 0.251 e. The second kappa shape index (κ2) is 5.56. The van der Waals surface area contributed by atoms with Gasteiger partial charge in [-0.1, -0.05) is 6.92 Å². The van der Waals surface area contributed by atoms with Crippen molar-refractivity contribution in [3.8, 4) is 22.8 Å². The standard InChI is InChI=1S/C14H16N2O3/c1-4-13-15-11(8-14(17)16-13)10-6-5-9(18-2)7-12(10)19-3/h5-8H,4H2,1-3H3,(H,15,16,17). The van der Waals surface area contributed by atoms with E-state index in [-0.39, 0.29) is 5.56 Å². The highest BCUT2D eigenvalue weighted by molar-refractivity contribution is 5.68. The second-order valence-electron chi connectivity index (χ2n) is 4.00. The van der Waals surface area contributed by atoms with Crippen molar-refractivity contribution in [1.29, 1.82) is 0 Å². The van der Waals surface area contributed by atoms with E-state index in [4.69, 9.17) is 9.47 Å². The minimum Gasteiger partial charge on any atom is -0.497 e. The van der Waals surface area contributed by atoms with Gasteiger partial charge in [0, 0.05) is 24.1 Å². The first-order valence-electron chi connectivity index (χ1n) is 6.00. The molecule has 19 heavy (non-hydrogen) atoms. The minimum atomic E-state index is -0.167. The van der Waals surface area contributed by atoms with Gasteiger partial charge in [0.15, 0.2) is 0 Å². The molecule has 0 fully saturated rings. The summed E-state index contributed by atoms with van der Waals surface area (Å²) in [6.07, 6.45) is 0.668. The number of benzene rings is 1. The first-order chi connectivity index (χ1) is 9.17. The molecular formula is C14H16N2O3. The van der Waals surface area contributed by atoms with Crippen molar-refractivity contribution >= 4 is 0 Å². The molecule has 0 aliphatic rings. The maximum Gasteiger partial charge on any atom is 0.251 e. The van der Waals surface area contributed by atoms with Crippen LogP contribution in [0.1, 0.15) is 12.7 Å². The Balaban J connectivity index is 2.57. The molecule has 0 aliphatic carbocycles. The zero-order valence-electron chi connectivity index (χ0n) is 11.2. The number of nitrogens with zero attached hydrogens (tertiary/aromatic N) is 1. The molecule has 100 valence electrons. The third-order valence-corrected chi connectivity index (χ3v) is 2.81. The summed E-state index contributed by atoms with van der Waals surface area (Å²) in [5.74, 6) is 1.97. The molecule has 2 aromatic rings. The maximum absolute atomic E-state index is 11.6. The summed E-state index contributed by atoms with van der Waals surface area (Å²) in [6, 6.07) is 6.87. The molecule has 0 aliphatic heterocycles. The molecule has 0 amide bonds. The normalized spacial score (nSPS) is 10.3. The number of aryl methyl sites for hydroxylation is 1. The third-order valence-electron chi connectivity index (χ3n) is 2.81. The Morgan fingerprint density at radius 2 is 2.00 bits per heavy atom. The predicted molar refractivity (Wildman–Crippen MR) is 72.8 cm³/mol. The van der Waals surface area contributed by atoms with Crippen LogP contribution in [0.2, 0.25) is 0 Å². The molecule has 2 rings (SSSR count). The fourth-order valence-corrected chi connectivity index (χ4v) is 1.82. The number of aromatic nitrogens is 2. The number of aromatic amines is 1. The zero-order chi connectivity index (χ0) is 13.8. The van der Waals surface area contributed by atoms with E-state index in [2.05, 4.69) is 9.97 Å². The fourth-order valence-electron chi connectivity index (χ4n) is 1.82. The largest absolute Gasteiger partial charge is 0.497 e. The van der Waals surface area contributed by atoms with Crippen molar-refractivity contribution in [2.75, 3.05) is 14.2 Å². The van der Waals surface area contributed by atoms with E-state index in [1.807, 2.05) is 19.1 Å². The van der Waals surface area contributed by atoms with E-state index in [0.29, 0.717) is 29.4 Å². The predicted octanol–water partition coefficient (Wildman–Crippen LogP) is 2.02. The van der Waals surface area contributed by atoms with Gasteiger partial charge in [-0.2, -0.15) is 0 Å². The van der Waals surface area contributed by atoms with Crippen LogP contribution in [0.5, 0.6) is 11.5 Å². The van der Waals surface area contributed by atoms with Gasteiger partial charge < -0.3 is 14.5 Å². The van der Waals surface area contributed by atoms with Crippen molar-refractivity contribution in [3.63, 3.8) is 0 Å². The summed E-state index contributed by atoms with van der Waals surface area (Å²) in [4.78, 5) is 18.7. The van der Waals surface area contributed by atoms with Crippen LogP contribution in [0, 0.1) is 0 Å². The summed E-state index contributed by atoms with van der Waals surface area (Å²) in [6.45, 7) is 1.94. The van der Waals surface area contributed by atoms with E-state index < -0.39 is 0 Å². The lowest BCUT2D eigenvalue weighted by atomic mass is 10.1. The number of ether oxygens (including phenoxy) is 2. The molecule has 0 saturated carbocycles. The fraction of sp³-hybridized carbons (Fsp3) is 0.286. The van der Waals surface area contributed by atoms with Crippen molar-refractivity contribution in [3.05, 3.63) is 40.4 Å². The maximum atomic E-state index is 11.6. The Labute approximate surface area is 111 Å². The van der Waals surface area contributed by atoms with Crippen LogP contribution in [-0.4, -0.2) is 24.2 Å². The molecule has 1 aromatic heterocycles. The van der Waals surface area contributed by atoms with Gasteiger partial charge in [-0.3, -0.25) is 4.79 Å². The van der Waals surface area contributed by atoms with Gasteiger partial charge in [0.05, 0.1) is 19.9 Å². The number of nitrogens with one attached hydrogen (secondary N) is 1. The molecule has 0 unspecified atom stereocenters. The van der Waals surface area contributed by atoms with Gasteiger partial charge in [0.1, 0.15) is 17.3 Å². The van der Waals surface area contributed by atoms with E-state index >= 15 is 0 Å². The monoisotopic (exact) mass is 260 g/mol. The zero-order valence-corrected chi connectivity index (χ0v) is 11.2. The van der Waals surface area contributed by atoms with Crippen molar-refractivity contribution in [2.45, 2.75) is 13.3 Å². The Morgan fingerprint density at radius 3 is 2.63 bits per heavy atom. The van der Waals surface area contributed by atoms with Gasteiger partial charge >= 0.3 is 0 Å². The Hall–Kier alpha value is -2.30. The topological polar surface area (TPSA) is 64.2 Å². The average molecular weight is 260 g/mol. The highest BCUT2D eigenvalue weighted by Gasteiger charge is 2.10. The summed E-state index contributed by atoms with van der Waals surface area (Å²) >= 11 is 0. The third kappa shape index (κ3) is 2.76. The van der Waals surface area contributed by atoms with Gasteiger partial charge in [-0.05, 0) is 12.1 Å². The van der Waals surface area contributed by atoms with Crippen LogP contribution < -0.4 is 15.0 Å². The molecule has 0 radical (unpaired) electrons. The molecule has 1 heterocycles. The van der Waals surface area contributed by atoms with Crippen LogP contribution in [0.3, 0.4) is 0 Å². The van der Waals surface area contributed by atoms with Crippen LogP contribution in [-0.2, 0) is 6.42 Å². The molecule has 0 saturated heterocycles. The molecule has 0 bridgehead atoms. The minimum absolute atomic E-state index is 0.167. The number of H-pyrrole nitrogens is 1. The van der Waals surface area contributed by atoms with Gasteiger partial charge in [0.25, 0.3) is 5.56 Å². The summed E-state index contributed by atoms with van der Waals surface area (Å²) in [5, 5.41) is 0. The van der Waals surface area contributed by atoms with Crippen LogP contribution in [0.4, 0.5) is 0 Å². The molecule has 5 heteroatoms. The Morgan fingerprint density at radius 1 is 1.21 bits per heavy atom. The van der Waals surface area contributed by atoms with Crippen LogP contribution >= 0.6 is 0 Å². The Kier molecular flexibility index (Phi) is 3.85. The van der Waals surface area contributed by atoms with Crippen LogP contribution in [0.25, 0.3) is 11.3 Å². The molecule has 1 N–H and O–H groups in total.